The Balaban J connectivity index is 0.000000195. The molecule has 0 saturated heterocycles. The number of phenols is 4. The van der Waals surface area contributed by atoms with E-state index in [9.17, 15) is 71.4 Å². The Morgan fingerprint density at radius 2 is 0.867 bits per heavy atom. The fourth-order valence-corrected chi connectivity index (χ4v) is 6.48. The van der Waals surface area contributed by atoms with Gasteiger partial charge in [0.25, 0.3) is 0 Å². The fraction of sp³-hybridized carbons (Fsp3) is 0.174. The van der Waals surface area contributed by atoms with Gasteiger partial charge < -0.3 is 54.6 Å². The van der Waals surface area contributed by atoms with Gasteiger partial charge in [0.2, 0.25) is 17.2 Å². The number of aromatic hydroxyl groups is 4. The van der Waals surface area contributed by atoms with Crippen molar-refractivity contribution in [2.45, 2.75) is 13.8 Å². The van der Waals surface area contributed by atoms with E-state index in [-0.39, 0.29) is 53.3 Å². The number of ether oxygens (including phenoxy) is 6. The van der Waals surface area contributed by atoms with Gasteiger partial charge in [-0.3, -0.25) is 39.9 Å². The molecule has 29 heteroatoms. The molecule has 0 fully saturated rings. The average Bonchev–Trinajstić information content (AvgIpc) is 3.34. The molecule has 0 radical (unpaired) electrons. The van der Waals surface area contributed by atoms with Crippen LogP contribution < -0.4 is 34.2 Å². The molecule has 398 valence electrons. The minimum Gasteiger partial charge on any atom is -0.507 e. The smallest absolute Gasteiger partial charge is 0.317 e. The van der Waals surface area contributed by atoms with Crippen LogP contribution in [-0.2, 0) is 0 Å². The molecule has 0 amide bonds. The van der Waals surface area contributed by atoms with E-state index in [4.69, 9.17) is 49.5 Å². The van der Waals surface area contributed by atoms with Gasteiger partial charge in [-0.25, -0.2) is 26.3 Å². The second-order valence-electron chi connectivity index (χ2n) is 14.5. The number of anilines is 1. The van der Waals surface area contributed by atoms with Gasteiger partial charge in [-0.15, -0.1) is 0 Å². The van der Waals surface area contributed by atoms with E-state index in [1.807, 2.05) is 0 Å². The molecule has 0 aromatic heterocycles. The van der Waals surface area contributed by atoms with Gasteiger partial charge in [-0.2, -0.15) is 0 Å². The Hall–Kier alpha value is -9.28. The Labute approximate surface area is 425 Å². The zero-order valence-corrected chi connectivity index (χ0v) is 39.9. The zero-order valence-electron chi connectivity index (χ0n) is 38.3. The van der Waals surface area contributed by atoms with Crippen molar-refractivity contribution in [3.05, 3.63) is 160 Å². The van der Waals surface area contributed by atoms with E-state index < -0.39 is 89.5 Å². The molecule has 3 aliphatic rings. The number of Topliss-reactive ketones (excluding diaryl/α,β-unsaturated/α-hetero) is 2. The van der Waals surface area contributed by atoms with Gasteiger partial charge in [0.15, 0.2) is 46.1 Å². The summed E-state index contributed by atoms with van der Waals surface area (Å²) in [6.45, 7) is 4.75. The highest BCUT2D eigenvalue weighted by atomic mass is 79.9. The number of nitrogens with two attached hydrogens (primary N) is 1. The third-order valence-corrected chi connectivity index (χ3v) is 9.77. The first-order valence-electron chi connectivity index (χ1n) is 20.6. The molecule has 3 aliphatic heterocycles. The molecular formula is C46H37BrF6N4O18. The molecule has 0 aliphatic carbocycles. The van der Waals surface area contributed by atoms with Crippen molar-refractivity contribution < 1.29 is 99.5 Å². The maximum absolute atomic E-state index is 12.9. The molecule has 0 spiro atoms. The summed E-state index contributed by atoms with van der Waals surface area (Å²) in [5.41, 5.74) is 3.34. The number of nitro benzene ring substituents is 3. The SMILES string of the molecule is CC(=O)c1cc(F)cc([N+](=O)[O-])c1O.CC(=O)c1cc(F)ccc1O.Fc1cc(Br)c2c(c1)OCCO2.Nc1cc(F)cc2c1OCCO2.O=[N+]([O-])c1cc(F)cc(O)c1O.O=[N+]([O-])c1cc(F)cc2c1OCCO2. The molecule has 0 saturated carbocycles. The van der Waals surface area contributed by atoms with Crippen LogP contribution in [0.2, 0.25) is 0 Å². The summed E-state index contributed by atoms with van der Waals surface area (Å²) in [6.07, 6.45) is 0. The summed E-state index contributed by atoms with van der Waals surface area (Å²) in [5, 5.41) is 66.8. The number of benzene rings is 6. The lowest BCUT2D eigenvalue weighted by Gasteiger charge is -2.19. The van der Waals surface area contributed by atoms with Crippen molar-refractivity contribution in [3.63, 3.8) is 0 Å². The van der Waals surface area contributed by atoms with E-state index in [0.29, 0.717) is 72.1 Å². The molecule has 0 atom stereocenters. The first kappa shape index (κ1) is 58.3. The molecule has 6 aromatic carbocycles. The molecular weight excluding hydrogens is 1090 g/mol. The normalized spacial score (nSPS) is 12.0. The summed E-state index contributed by atoms with van der Waals surface area (Å²) in [4.78, 5) is 49.8. The van der Waals surface area contributed by atoms with Gasteiger partial charge in [0, 0.05) is 30.3 Å². The highest BCUT2D eigenvalue weighted by molar-refractivity contribution is 9.10. The van der Waals surface area contributed by atoms with Crippen molar-refractivity contribution >= 4 is 50.2 Å². The number of carbonyl (C=O) groups excluding carboxylic acids is 2. The number of nitrogen functional groups attached to an aromatic ring is 1. The summed E-state index contributed by atoms with van der Waals surface area (Å²) < 4.78 is 107. The third kappa shape index (κ3) is 16.4. The van der Waals surface area contributed by atoms with Gasteiger partial charge in [0.05, 0.1) is 54.3 Å². The number of nitro groups is 3. The van der Waals surface area contributed by atoms with Gasteiger partial charge in [-0.05, 0) is 60.1 Å². The molecule has 0 bridgehead atoms. The summed E-state index contributed by atoms with van der Waals surface area (Å²) in [6, 6.07) is 12.7. The molecule has 9 rings (SSSR count). The number of phenolic OH excluding ortho intramolecular Hbond substituents is 4. The van der Waals surface area contributed by atoms with E-state index in [1.54, 1.807) is 0 Å². The van der Waals surface area contributed by atoms with E-state index >= 15 is 0 Å². The minimum atomic E-state index is -0.988. The predicted molar refractivity (Wildman–Crippen MR) is 250 cm³/mol. The molecule has 3 heterocycles. The monoisotopic (exact) mass is 1130 g/mol. The van der Waals surface area contributed by atoms with E-state index in [2.05, 4.69) is 15.9 Å². The predicted octanol–water partition coefficient (Wildman–Crippen LogP) is 9.56. The first-order valence-corrected chi connectivity index (χ1v) is 21.4. The molecule has 75 heavy (non-hydrogen) atoms. The van der Waals surface area contributed by atoms with Crippen LogP contribution >= 0.6 is 15.9 Å². The fourth-order valence-electron chi connectivity index (χ4n) is 5.96. The second kappa shape index (κ2) is 26.4. The third-order valence-electron chi connectivity index (χ3n) is 9.18. The number of rotatable bonds is 5. The standard InChI is InChI=1S/C8H6BrFO2.2C8H6FNO4.C8H8FNO2.C8H7FO2.C6H4FNO4/c9-6-3-5(10)4-7-8(6)12-2-1-11-7;9-5-3-6(10(11)12)8-7(4-5)13-1-2-14-8;1-4(11)6-2-5(9)3-7(8(6)12)10(13)14;9-5-3-6(10)8-7(4-5)11-1-2-12-8;1-5(10)7-4-6(9)2-3-8(7)11;7-3-1-4(8(11)12)6(10)5(9)2-3/h3-4H,1-2H2;3-4H,1-2H2;2-3,12H,1H3;3-4H,1-2,10H2;2-4,11H,1H3;1-2,9-10H. The quantitative estimate of drug-likeness (QED) is 0.0268. The average molecular weight is 1130 g/mol. The molecule has 0 unspecified atom stereocenters. The van der Waals surface area contributed by atoms with Gasteiger partial charge in [0.1, 0.15) is 80.3 Å². The van der Waals surface area contributed by atoms with Crippen LogP contribution in [0.5, 0.6) is 57.5 Å². The Morgan fingerprint density at radius 1 is 0.480 bits per heavy atom. The van der Waals surface area contributed by atoms with Gasteiger partial charge >= 0.3 is 17.1 Å². The second-order valence-corrected chi connectivity index (χ2v) is 15.4. The maximum Gasteiger partial charge on any atom is 0.317 e. The molecule has 6 aromatic rings. The topological polar surface area (TPSA) is 326 Å². The minimum absolute atomic E-state index is 0.00245. The van der Waals surface area contributed by atoms with Crippen LogP contribution in [0, 0.1) is 65.2 Å². The highest BCUT2D eigenvalue weighted by Crippen LogP contribution is 2.41. The molecule has 6 N–H and O–H groups in total. The van der Waals surface area contributed by atoms with E-state index in [0.717, 1.165) is 43.3 Å². The van der Waals surface area contributed by atoms with Crippen LogP contribution in [0.1, 0.15) is 34.6 Å². The lowest BCUT2D eigenvalue weighted by molar-refractivity contribution is -0.386. The zero-order chi connectivity index (χ0) is 55.8. The first-order chi connectivity index (χ1) is 35.3. The Morgan fingerprint density at radius 3 is 1.37 bits per heavy atom. The number of nitrogens with zero attached hydrogens (tertiary/aromatic N) is 3. The number of ketones is 2. The number of carbonyl (C=O) groups is 2. The van der Waals surface area contributed by atoms with Crippen molar-refractivity contribution in [2.75, 3.05) is 45.4 Å². The van der Waals surface area contributed by atoms with Crippen LogP contribution in [-0.4, -0.2) is 86.4 Å². The van der Waals surface area contributed by atoms with Gasteiger partial charge in [-0.1, -0.05) is 0 Å². The lowest BCUT2D eigenvalue weighted by Crippen LogP contribution is -2.16. The summed E-state index contributed by atoms with van der Waals surface area (Å²) in [7, 11) is 0. The van der Waals surface area contributed by atoms with Crippen molar-refractivity contribution in [2.24, 2.45) is 0 Å². The van der Waals surface area contributed by atoms with Crippen LogP contribution in [0.3, 0.4) is 0 Å². The highest BCUT2D eigenvalue weighted by Gasteiger charge is 2.26. The van der Waals surface area contributed by atoms with Crippen LogP contribution in [0.4, 0.5) is 49.1 Å². The van der Waals surface area contributed by atoms with Crippen molar-refractivity contribution in [1.29, 1.82) is 0 Å². The van der Waals surface area contributed by atoms with E-state index in [1.165, 1.54) is 31.2 Å². The number of halogens is 7. The largest absolute Gasteiger partial charge is 0.507 e. The van der Waals surface area contributed by atoms with Crippen molar-refractivity contribution in [3.8, 4) is 57.5 Å². The number of hydrogen-bond acceptors (Lipinski definition) is 19. The summed E-state index contributed by atoms with van der Waals surface area (Å²) in [5.74, 6) is -5.63. The maximum atomic E-state index is 12.9. The number of fused-ring (bicyclic) bond motifs is 3. The van der Waals surface area contributed by atoms with Crippen LogP contribution in [0.25, 0.3) is 0 Å². The molecule has 22 nitrogen and oxygen atoms in total. The Kier molecular flexibility index (Phi) is 20.5. The summed E-state index contributed by atoms with van der Waals surface area (Å²) >= 11 is 3.19. The Bertz CT molecular complexity index is 3040. The lowest BCUT2D eigenvalue weighted by atomic mass is 10.1. The number of hydrogen-bond donors (Lipinski definition) is 5. The van der Waals surface area contributed by atoms with Crippen molar-refractivity contribution in [1.82, 2.24) is 0 Å². The van der Waals surface area contributed by atoms with Crippen LogP contribution in [0.15, 0.2) is 83.3 Å².